The van der Waals surface area contributed by atoms with E-state index in [1.54, 1.807) is 6.07 Å². The molecule has 1 N–H and O–H groups in total. The van der Waals surface area contributed by atoms with Gasteiger partial charge in [-0.2, -0.15) is 0 Å². The summed E-state index contributed by atoms with van der Waals surface area (Å²) in [6, 6.07) is 7.44. The molecule has 0 fully saturated rings. The Labute approximate surface area is 91.8 Å². The highest BCUT2D eigenvalue weighted by Gasteiger charge is 2.04. The van der Waals surface area contributed by atoms with E-state index in [0.29, 0.717) is 5.75 Å². The quantitative estimate of drug-likeness (QED) is 0.725. The summed E-state index contributed by atoms with van der Waals surface area (Å²) in [7, 11) is 0. The van der Waals surface area contributed by atoms with Crippen LogP contribution in [0, 0.1) is 0 Å². The average molecular weight is 202 g/mol. The molecule has 1 aromatic carbocycles. The molecule has 0 aromatic heterocycles. The van der Waals surface area contributed by atoms with Crippen LogP contribution in [0.25, 0.3) is 5.57 Å². The van der Waals surface area contributed by atoms with Crippen LogP contribution in [0.1, 0.15) is 32.3 Å². The molecule has 0 amide bonds. The SMILES string of the molecule is CC.Oc1ccccc1C1=CCCC=C1. The van der Waals surface area contributed by atoms with Crippen molar-refractivity contribution in [3.05, 3.63) is 48.1 Å². The first-order chi connectivity index (χ1) is 7.38. The number of benzene rings is 1. The predicted octanol–water partition coefficient (Wildman–Crippen LogP) is 4.15. The Kier molecular flexibility index (Phi) is 4.69. The molecule has 15 heavy (non-hydrogen) atoms. The predicted molar refractivity (Wildman–Crippen MR) is 65.8 cm³/mol. The Morgan fingerprint density at radius 3 is 2.40 bits per heavy atom. The zero-order chi connectivity index (χ0) is 11.1. The molecule has 1 nitrogen and oxygen atoms in total. The minimum Gasteiger partial charge on any atom is -0.507 e. The maximum absolute atomic E-state index is 9.59. The molecule has 0 heterocycles. The highest BCUT2D eigenvalue weighted by molar-refractivity contribution is 5.78. The highest BCUT2D eigenvalue weighted by atomic mass is 16.3. The standard InChI is InChI=1S/C12H12O.C2H6/c13-12-9-5-4-8-11(12)10-6-2-1-3-7-10;1-2/h2,4-9,13H,1,3H2;1-2H3. The first-order valence-corrected chi connectivity index (χ1v) is 5.53. The van der Waals surface area contributed by atoms with E-state index < -0.39 is 0 Å². The molecule has 0 unspecified atom stereocenters. The Morgan fingerprint density at radius 1 is 1.07 bits per heavy atom. The lowest BCUT2D eigenvalue weighted by Gasteiger charge is -2.08. The number of para-hydroxylation sites is 1. The summed E-state index contributed by atoms with van der Waals surface area (Å²) in [6.45, 7) is 4.00. The molecule has 80 valence electrons. The molecule has 0 aliphatic heterocycles. The van der Waals surface area contributed by atoms with Crippen molar-refractivity contribution in [3.63, 3.8) is 0 Å². The van der Waals surface area contributed by atoms with Gasteiger partial charge in [-0.15, -0.1) is 0 Å². The maximum Gasteiger partial charge on any atom is 0.123 e. The summed E-state index contributed by atoms with van der Waals surface area (Å²) in [5.74, 6) is 0.361. The van der Waals surface area contributed by atoms with E-state index >= 15 is 0 Å². The average Bonchev–Trinajstić information content (AvgIpc) is 2.33. The molecule has 1 aliphatic rings. The van der Waals surface area contributed by atoms with E-state index in [1.807, 2.05) is 32.0 Å². The van der Waals surface area contributed by atoms with Crippen LogP contribution >= 0.6 is 0 Å². The zero-order valence-electron chi connectivity index (χ0n) is 9.40. The van der Waals surface area contributed by atoms with Crippen LogP contribution in [0.3, 0.4) is 0 Å². The van der Waals surface area contributed by atoms with Gasteiger partial charge in [0, 0.05) is 5.56 Å². The van der Waals surface area contributed by atoms with E-state index in [0.717, 1.165) is 24.0 Å². The molecule has 1 aromatic rings. The molecule has 1 heteroatoms. The molecule has 2 rings (SSSR count). The van der Waals surface area contributed by atoms with Gasteiger partial charge in [-0.1, -0.05) is 50.3 Å². The van der Waals surface area contributed by atoms with Crippen LogP contribution in [0.2, 0.25) is 0 Å². The Hall–Kier alpha value is -1.50. The topological polar surface area (TPSA) is 20.2 Å². The van der Waals surface area contributed by atoms with Crippen LogP contribution in [0.4, 0.5) is 0 Å². The molecular weight excluding hydrogens is 184 g/mol. The second-order valence-electron chi connectivity index (χ2n) is 3.16. The summed E-state index contributed by atoms with van der Waals surface area (Å²) in [4.78, 5) is 0. The van der Waals surface area contributed by atoms with Gasteiger partial charge >= 0.3 is 0 Å². The van der Waals surface area contributed by atoms with Gasteiger partial charge in [-0.05, 0) is 24.5 Å². The molecule has 0 saturated carbocycles. The van der Waals surface area contributed by atoms with Crippen molar-refractivity contribution >= 4 is 5.57 Å². The van der Waals surface area contributed by atoms with E-state index in [1.165, 1.54) is 0 Å². The number of hydrogen-bond acceptors (Lipinski definition) is 1. The van der Waals surface area contributed by atoms with Crippen molar-refractivity contribution in [2.24, 2.45) is 0 Å². The number of phenolic OH excluding ortho intramolecular Hbond substituents is 1. The van der Waals surface area contributed by atoms with E-state index in [9.17, 15) is 5.11 Å². The van der Waals surface area contributed by atoms with Crippen molar-refractivity contribution in [2.75, 3.05) is 0 Å². The van der Waals surface area contributed by atoms with Gasteiger partial charge in [0.05, 0.1) is 0 Å². The van der Waals surface area contributed by atoms with Crippen molar-refractivity contribution in [3.8, 4) is 5.75 Å². The maximum atomic E-state index is 9.59. The number of phenols is 1. The van der Waals surface area contributed by atoms with Crippen molar-refractivity contribution in [2.45, 2.75) is 26.7 Å². The van der Waals surface area contributed by atoms with Crippen molar-refractivity contribution in [1.29, 1.82) is 0 Å². The van der Waals surface area contributed by atoms with Crippen molar-refractivity contribution < 1.29 is 5.11 Å². The minimum absolute atomic E-state index is 0.361. The fourth-order valence-electron chi connectivity index (χ4n) is 1.53. The first kappa shape index (κ1) is 11.6. The summed E-state index contributed by atoms with van der Waals surface area (Å²) in [5.41, 5.74) is 2.06. The molecule has 0 bridgehead atoms. The van der Waals surface area contributed by atoms with E-state index in [4.69, 9.17) is 0 Å². The third-order valence-corrected chi connectivity index (χ3v) is 2.21. The Balaban J connectivity index is 0.000000531. The van der Waals surface area contributed by atoms with Crippen LogP contribution in [-0.2, 0) is 0 Å². The van der Waals surface area contributed by atoms with Gasteiger partial charge in [0.1, 0.15) is 5.75 Å². The molecule has 1 aliphatic carbocycles. The largest absolute Gasteiger partial charge is 0.507 e. The highest BCUT2D eigenvalue weighted by Crippen LogP contribution is 2.27. The number of allylic oxidation sites excluding steroid dienone is 4. The van der Waals surface area contributed by atoms with Crippen LogP contribution in [0.15, 0.2) is 42.5 Å². The zero-order valence-corrected chi connectivity index (χ0v) is 9.40. The Bertz CT molecular complexity index is 361. The van der Waals surface area contributed by atoms with Gasteiger partial charge in [0.2, 0.25) is 0 Å². The second-order valence-corrected chi connectivity index (χ2v) is 3.16. The second kappa shape index (κ2) is 6.07. The molecular formula is C14H18O. The molecule has 0 spiro atoms. The van der Waals surface area contributed by atoms with Gasteiger partial charge in [-0.3, -0.25) is 0 Å². The van der Waals surface area contributed by atoms with E-state index in [2.05, 4.69) is 18.2 Å². The lowest BCUT2D eigenvalue weighted by molar-refractivity contribution is 0.473. The van der Waals surface area contributed by atoms with Crippen LogP contribution < -0.4 is 0 Å². The van der Waals surface area contributed by atoms with Gasteiger partial charge in [-0.25, -0.2) is 0 Å². The number of hydrogen-bond donors (Lipinski definition) is 1. The molecule has 0 radical (unpaired) electrons. The molecule has 0 atom stereocenters. The third-order valence-electron chi connectivity index (χ3n) is 2.21. The lowest BCUT2D eigenvalue weighted by atomic mass is 9.99. The minimum atomic E-state index is 0.361. The lowest BCUT2D eigenvalue weighted by Crippen LogP contribution is -1.85. The van der Waals surface area contributed by atoms with E-state index in [-0.39, 0.29) is 0 Å². The number of rotatable bonds is 1. The number of aromatic hydroxyl groups is 1. The fraction of sp³-hybridized carbons (Fsp3) is 0.286. The van der Waals surface area contributed by atoms with Gasteiger partial charge < -0.3 is 5.11 Å². The van der Waals surface area contributed by atoms with Gasteiger partial charge in [0.25, 0.3) is 0 Å². The normalized spacial score (nSPS) is 13.9. The monoisotopic (exact) mass is 202 g/mol. The smallest absolute Gasteiger partial charge is 0.123 e. The summed E-state index contributed by atoms with van der Waals surface area (Å²) in [5, 5.41) is 9.59. The first-order valence-electron chi connectivity index (χ1n) is 5.53. The van der Waals surface area contributed by atoms with Gasteiger partial charge in [0.15, 0.2) is 0 Å². The third kappa shape index (κ3) is 2.98. The van der Waals surface area contributed by atoms with Crippen molar-refractivity contribution in [1.82, 2.24) is 0 Å². The van der Waals surface area contributed by atoms with Crippen LogP contribution in [0.5, 0.6) is 5.75 Å². The Morgan fingerprint density at radius 2 is 1.80 bits per heavy atom. The summed E-state index contributed by atoms with van der Waals surface area (Å²) >= 11 is 0. The van der Waals surface area contributed by atoms with Crippen LogP contribution in [-0.4, -0.2) is 5.11 Å². The molecule has 0 saturated heterocycles. The summed E-state index contributed by atoms with van der Waals surface area (Å²) in [6.07, 6.45) is 8.55. The fourth-order valence-corrected chi connectivity index (χ4v) is 1.53. The summed E-state index contributed by atoms with van der Waals surface area (Å²) < 4.78 is 0.